The monoisotopic (exact) mass is 413 g/mol. The van der Waals surface area contributed by atoms with Gasteiger partial charge in [0.1, 0.15) is 13.2 Å². The number of ether oxygens (including phenoxy) is 2. The minimum Gasteiger partial charge on any atom is -0.486 e. The van der Waals surface area contributed by atoms with Crippen LogP contribution in [0.5, 0.6) is 11.5 Å². The number of anilines is 1. The van der Waals surface area contributed by atoms with Crippen LogP contribution in [-0.2, 0) is 11.2 Å². The molecule has 1 aromatic heterocycles. The predicted octanol–water partition coefficient (Wildman–Crippen LogP) is 3.59. The summed E-state index contributed by atoms with van der Waals surface area (Å²) in [4.78, 5) is 12.5. The van der Waals surface area contributed by atoms with Crippen molar-refractivity contribution in [2.24, 2.45) is 0 Å². The average Bonchev–Trinajstić information content (AvgIpc) is 3.08. The lowest BCUT2D eigenvalue weighted by Gasteiger charge is -2.18. The maximum atomic E-state index is 12.5. The first-order chi connectivity index (χ1) is 12.7. The molecule has 7 heteroatoms. The van der Waals surface area contributed by atoms with Crippen LogP contribution in [0.1, 0.15) is 5.56 Å². The molecular formula is C19H16BrN3O3. The molecule has 0 radical (unpaired) electrons. The summed E-state index contributed by atoms with van der Waals surface area (Å²) in [6, 6.07) is 13.1. The second-order valence-corrected chi connectivity index (χ2v) is 6.74. The fourth-order valence-corrected chi connectivity index (χ4v) is 3.07. The molecule has 1 aliphatic heterocycles. The van der Waals surface area contributed by atoms with Crippen LogP contribution in [0, 0.1) is 0 Å². The van der Waals surface area contributed by atoms with Crippen molar-refractivity contribution in [1.82, 2.24) is 9.78 Å². The standard InChI is InChI=1S/C19H16BrN3O3/c20-14-11-21-23(12-14)16-4-2-1-3-15(16)22-19(24)10-13-5-6-17-18(9-13)26-8-7-25-17/h1-6,9,11-12H,7-8,10H2,(H,22,24). The van der Waals surface area contributed by atoms with Crippen molar-refractivity contribution in [2.45, 2.75) is 6.42 Å². The maximum Gasteiger partial charge on any atom is 0.228 e. The zero-order chi connectivity index (χ0) is 17.9. The molecule has 0 fully saturated rings. The van der Waals surface area contributed by atoms with Crippen LogP contribution in [-0.4, -0.2) is 28.9 Å². The molecular weight excluding hydrogens is 398 g/mol. The van der Waals surface area contributed by atoms with Crippen LogP contribution in [0.25, 0.3) is 5.69 Å². The zero-order valence-corrected chi connectivity index (χ0v) is 15.4. The number of para-hydroxylation sites is 2. The molecule has 0 unspecified atom stereocenters. The Hall–Kier alpha value is -2.80. The molecule has 0 saturated heterocycles. The number of nitrogens with one attached hydrogen (secondary N) is 1. The molecule has 26 heavy (non-hydrogen) atoms. The van der Waals surface area contributed by atoms with Crippen molar-refractivity contribution < 1.29 is 14.3 Å². The molecule has 4 rings (SSSR count). The molecule has 1 amide bonds. The number of halogens is 1. The Kier molecular flexibility index (Phi) is 4.62. The Morgan fingerprint density at radius 1 is 1.15 bits per heavy atom. The van der Waals surface area contributed by atoms with E-state index in [1.54, 1.807) is 10.9 Å². The highest BCUT2D eigenvalue weighted by molar-refractivity contribution is 9.10. The number of hydrogen-bond acceptors (Lipinski definition) is 4. The first-order valence-corrected chi connectivity index (χ1v) is 8.96. The second-order valence-electron chi connectivity index (χ2n) is 5.82. The van der Waals surface area contributed by atoms with E-state index in [0.29, 0.717) is 24.7 Å². The van der Waals surface area contributed by atoms with Gasteiger partial charge in [-0.2, -0.15) is 5.10 Å². The van der Waals surface area contributed by atoms with Crippen LogP contribution in [0.3, 0.4) is 0 Å². The molecule has 6 nitrogen and oxygen atoms in total. The molecule has 132 valence electrons. The summed E-state index contributed by atoms with van der Waals surface area (Å²) in [6.07, 6.45) is 3.79. The van der Waals surface area contributed by atoms with E-state index in [2.05, 4.69) is 26.3 Å². The fraction of sp³-hybridized carbons (Fsp3) is 0.158. The molecule has 2 heterocycles. The second kappa shape index (κ2) is 7.21. The third-order valence-corrected chi connectivity index (χ3v) is 4.36. The topological polar surface area (TPSA) is 65.4 Å². The highest BCUT2D eigenvalue weighted by Gasteiger charge is 2.14. The van der Waals surface area contributed by atoms with Crippen molar-refractivity contribution in [3.05, 3.63) is 64.9 Å². The van der Waals surface area contributed by atoms with Crippen LogP contribution in [0.2, 0.25) is 0 Å². The average molecular weight is 414 g/mol. The van der Waals surface area contributed by atoms with Gasteiger partial charge in [-0.3, -0.25) is 4.79 Å². The van der Waals surface area contributed by atoms with E-state index in [1.807, 2.05) is 48.7 Å². The first kappa shape index (κ1) is 16.7. The Bertz CT molecular complexity index is 955. The summed E-state index contributed by atoms with van der Waals surface area (Å²) >= 11 is 3.39. The Morgan fingerprint density at radius 3 is 2.77 bits per heavy atom. The van der Waals surface area contributed by atoms with Crippen molar-refractivity contribution in [3.63, 3.8) is 0 Å². The third kappa shape index (κ3) is 3.57. The molecule has 0 spiro atoms. The number of nitrogens with zero attached hydrogens (tertiary/aromatic N) is 2. The largest absolute Gasteiger partial charge is 0.486 e. The number of aromatic nitrogens is 2. The lowest BCUT2D eigenvalue weighted by molar-refractivity contribution is -0.115. The SMILES string of the molecule is O=C(Cc1ccc2c(c1)OCCO2)Nc1ccccc1-n1cc(Br)cn1. The lowest BCUT2D eigenvalue weighted by atomic mass is 10.1. The van der Waals surface area contributed by atoms with E-state index in [-0.39, 0.29) is 12.3 Å². The molecule has 1 aliphatic rings. The predicted molar refractivity (Wildman–Crippen MR) is 101 cm³/mol. The molecule has 0 aliphatic carbocycles. The minimum absolute atomic E-state index is 0.111. The van der Waals surface area contributed by atoms with Gasteiger partial charge in [0.2, 0.25) is 5.91 Å². The Morgan fingerprint density at radius 2 is 1.96 bits per heavy atom. The number of rotatable bonds is 4. The normalized spacial score (nSPS) is 12.7. The molecule has 3 aromatic rings. The van der Waals surface area contributed by atoms with Gasteiger partial charge in [0, 0.05) is 6.20 Å². The number of carbonyl (C=O) groups excluding carboxylic acids is 1. The van der Waals surface area contributed by atoms with Gasteiger partial charge in [0.15, 0.2) is 11.5 Å². The van der Waals surface area contributed by atoms with Gasteiger partial charge >= 0.3 is 0 Å². The molecule has 0 saturated carbocycles. The van der Waals surface area contributed by atoms with Crippen LogP contribution in [0.15, 0.2) is 59.3 Å². The fourth-order valence-electron chi connectivity index (χ4n) is 2.79. The molecule has 0 atom stereocenters. The highest BCUT2D eigenvalue weighted by atomic mass is 79.9. The third-order valence-electron chi connectivity index (χ3n) is 3.95. The summed E-state index contributed by atoms with van der Waals surface area (Å²) in [5.41, 5.74) is 2.37. The smallest absolute Gasteiger partial charge is 0.228 e. The van der Waals surface area contributed by atoms with E-state index in [9.17, 15) is 4.79 Å². The van der Waals surface area contributed by atoms with E-state index < -0.39 is 0 Å². The summed E-state index contributed by atoms with van der Waals surface area (Å²) in [5, 5.41) is 7.23. The van der Waals surface area contributed by atoms with Crippen molar-refractivity contribution in [3.8, 4) is 17.2 Å². The van der Waals surface area contributed by atoms with Crippen molar-refractivity contribution in [1.29, 1.82) is 0 Å². The summed E-state index contributed by atoms with van der Waals surface area (Å²) in [7, 11) is 0. The first-order valence-electron chi connectivity index (χ1n) is 8.17. The summed E-state index contributed by atoms with van der Waals surface area (Å²) in [6.45, 7) is 1.07. The van der Waals surface area contributed by atoms with E-state index in [1.165, 1.54) is 0 Å². The minimum atomic E-state index is -0.111. The number of carbonyl (C=O) groups is 1. The van der Waals surface area contributed by atoms with Crippen LogP contribution in [0.4, 0.5) is 5.69 Å². The number of fused-ring (bicyclic) bond motifs is 1. The van der Waals surface area contributed by atoms with Crippen molar-refractivity contribution in [2.75, 3.05) is 18.5 Å². The molecule has 0 bridgehead atoms. The van der Waals surface area contributed by atoms with Gasteiger partial charge < -0.3 is 14.8 Å². The van der Waals surface area contributed by atoms with Gasteiger partial charge in [0.25, 0.3) is 0 Å². The van der Waals surface area contributed by atoms with Crippen LogP contribution >= 0.6 is 15.9 Å². The van der Waals surface area contributed by atoms with Gasteiger partial charge in [-0.1, -0.05) is 18.2 Å². The van der Waals surface area contributed by atoms with Gasteiger partial charge in [-0.05, 0) is 45.8 Å². The Balaban J connectivity index is 1.51. The number of hydrogen-bond donors (Lipinski definition) is 1. The van der Waals surface area contributed by atoms with Gasteiger partial charge in [-0.25, -0.2) is 4.68 Å². The quantitative estimate of drug-likeness (QED) is 0.709. The number of benzene rings is 2. The molecule has 1 N–H and O–H groups in total. The van der Waals surface area contributed by atoms with Gasteiger partial charge in [0.05, 0.1) is 28.5 Å². The summed E-state index contributed by atoms with van der Waals surface area (Å²) in [5.74, 6) is 1.29. The lowest BCUT2D eigenvalue weighted by Crippen LogP contribution is -2.17. The van der Waals surface area contributed by atoms with E-state index in [0.717, 1.165) is 21.5 Å². The highest BCUT2D eigenvalue weighted by Crippen LogP contribution is 2.31. The Labute approximate surface area is 158 Å². The maximum absolute atomic E-state index is 12.5. The van der Waals surface area contributed by atoms with Crippen molar-refractivity contribution >= 4 is 27.5 Å². The zero-order valence-electron chi connectivity index (χ0n) is 13.8. The van der Waals surface area contributed by atoms with Crippen LogP contribution < -0.4 is 14.8 Å². The molecule has 2 aromatic carbocycles. The van der Waals surface area contributed by atoms with E-state index in [4.69, 9.17) is 9.47 Å². The van der Waals surface area contributed by atoms with E-state index >= 15 is 0 Å². The summed E-state index contributed by atoms with van der Waals surface area (Å²) < 4.78 is 13.7. The van der Waals surface area contributed by atoms with Gasteiger partial charge in [-0.15, -0.1) is 0 Å². The number of amides is 1.